The Morgan fingerprint density at radius 2 is 2.11 bits per heavy atom. The van der Waals surface area contributed by atoms with E-state index in [9.17, 15) is 0 Å². The fourth-order valence-electron chi connectivity index (χ4n) is 2.24. The van der Waals surface area contributed by atoms with Crippen molar-refractivity contribution in [2.75, 3.05) is 6.54 Å². The van der Waals surface area contributed by atoms with Gasteiger partial charge in [-0.05, 0) is 58.5 Å². The maximum Gasteiger partial charge on any atom is 0.0704 e. The minimum Gasteiger partial charge on any atom is -0.306 e. The van der Waals surface area contributed by atoms with E-state index in [1.54, 1.807) is 0 Å². The van der Waals surface area contributed by atoms with E-state index < -0.39 is 0 Å². The highest BCUT2D eigenvalue weighted by molar-refractivity contribution is 9.11. The summed E-state index contributed by atoms with van der Waals surface area (Å²) in [5.74, 6) is 0. The van der Waals surface area contributed by atoms with E-state index in [4.69, 9.17) is 0 Å². The van der Waals surface area contributed by atoms with Crippen molar-refractivity contribution in [3.8, 4) is 0 Å². The van der Waals surface area contributed by atoms with Crippen LogP contribution in [-0.2, 0) is 0 Å². The van der Waals surface area contributed by atoms with Crippen molar-refractivity contribution < 1.29 is 0 Å². The number of hydrogen-bond acceptors (Lipinski definition) is 4. The monoisotopic (exact) mass is 371 g/mol. The Morgan fingerprint density at radius 3 is 2.74 bits per heavy atom. The van der Waals surface area contributed by atoms with Crippen LogP contribution in [0, 0.1) is 6.92 Å². The highest BCUT2D eigenvalue weighted by atomic mass is 79.9. The standard InChI is InChI=1S/C14H14BrNS3/c1-3-16-14(9-6-13(15)18-8(9)2)12-7-11-10(19-12)4-5-17-11/h4-7,14,16H,3H2,1-2H3. The van der Waals surface area contributed by atoms with Crippen molar-refractivity contribution in [2.24, 2.45) is 0 Å². The largest absolute Gasteiger partial charge is 0.306 e. The van der Waals surface area contributed by atoms with Gasteiger partial charge >= 0.3 is 0 Å². The maximum atomic E-state index is 3.62. The lowest BCUT2D eigenvalue weighted by atomic mass is 10.1. The summed E-state index contributed by atoms with van der Waals surface area (Å²) in [6.07, 6.45) is 0. The third-order valence-corrected chi connectivity index (χ3v) is 6.82. The maximum absolute atomic E-state index is 3.62. The molecule has 1 unspecified atom stereocenters. The van der Waals surface area contributed by atoms with Gasteiger partial charge in [-0.3, -0.25) is 0 Å². The molecule has 1 N–H and O–H groups in total. The predicted octanol–water partition coefficient (Wildman–Crippen LogP) is 5.79. The first-order valence-electron chi connectivity index (χ1n) is 6.15. The van der Waals surface area contributed by atoms with E-state index in [0.717, 1.165) is 6.54 Å². The number of thiophene rings is 3. The zero-order valence-corrected chi connectivity index (χ0v) is 14.7. The highest BCUT2D eigenvalue weighted by Crippen LogP contribution is 2.39. The Hall–Kier alpha value is -0.200. The van der Waals surface area contributed by atoms with Crippen LogP contribution in [0.2, 0.25) is 0 Å². The van der Waals surface area contributed by atoms with E-state index in [-0.39, 0.29) is 0 Å². The van der Waals surface area contributed by atoms with Gasteiger partial charge in [0.2, 0.25) is 0 Å². The number of rotatable bonds is 4. The second-order valence-electron chi connectivity index (χ2n) is 4.35. The number of nitrogens with one attached hydrogen (secondary N) is 1. The van der Waals surface area contributed by atoms with Crippen LogP contribution < -0.4 is 5.32 Å². The van der Waals surface area contributed by atoms with Gasteiger partial charge in [0.05, 0.1) is 9.83 Å². The van der Waals surface area contributed by atoms with Crippen molar-refractivity contribution in [2.45, 2.75) is 19.9 Å². The molecule has 0 saturated carbocycles. The molecule has 0 aromatic carbocycles. The summed E-state index contributed by atoms with van der Waals surface area (Å²) in [5, 5.41) is 5.79. The van der Waals surface area contributed by atoms with E-state index in [2.05, 4.69) is 58.7 Å². The molecule has 0 fully saturated rings. The number of hydrogen-bond donors (Lipinski definition) is 1. The zero-order valence-electron chi connectivity index (χ0n) is 10.7. The van der Waals surface area contributed by atoms with Crippen molar-refractivity contribution in [3.63, 3.8) is 0 Å². The van der Waals surface area contributed by atoms with E-state index in [1.807, 2.05) is 34.0 Å². The van der Waals surface area contributed by atoms with E-state index in [0.29, 0.717) is 6.04 Å². The quantitative estimate of drug-likeness (QED) is 0.611. The molecule has 3 heterocycles. The van der Waals surface area contributed by atoms with Crippen LogP contribution in [0.25, 0.3) is 9.40 Å². The molecule has 0 aliphatic heterocycles. The van der Waals surface area contributed by atoms with Gasteiger partial charge in [-0.1, -0.05) is 6.92 Å². The van der Waals surface area contributed by atoms with E-state index in [1.165, 1.54) is 28.5 Å². The molecule has 0 saturated heterocycles. The Kier molecular flexibility index (Phi) is 4.10. The molecule has 0 spiro atoms. The number of halogens is 1. The Labute approximate surface area is 133 Å². The molecule has 0 amide bonds. The minimum absolute atomic E-state index is 0.317. The first-order chi connectivity index (χ1) is 9.19. The summed E-state index contributed by atoms with van der Waals surface area (Å²) >= 11 is 9.14. The van der Waals surface area contributed by atoms with Crippen LogP contribution in [0.5, 0.6) is 0 Å². The first-order valence-corrected chi connectivity index (χ1v) is 9.45. The normalized spacial score (nSPS) is 13.2. The molecule has 0 bridgehead atoms. The Morgan fingerprint density at radius 1 is 1.26 bits per heavy atom. The smallest absolute Gasteiger partial charge is 0.0704 e. The van der Waals surface area contributed by atoms with Crippen molar-refractivity contribution in [3.05, 3.63) is 42.7 Å². The molecule has 1 nitrogen and oxygen atoms in total. The van der Waals surface area contributed by atoms with Gasteiger partial charge in [0.1, 0.15) is 0 Å². The molecule has 0 aliphatic rings. The van der Waals surface area contributed by atoms with Crippen LogP contribution in [0.1, 0.15) is 28.3 Å². The average molecular weight is 372 g/mol. The third kappa shape index (κ3) is 2.67. The summed E-state index contributed by atoms with van der Waals surface area (Å²) in [6, 6.07) is 7.12. The van der Waals surface area contributed by atoms with Gasteiger partial charge < -0.3 is 5.32 Å². The Balaban J connectivity index is 2.05. The van der Waals surface area contributed by atoms with E-state index >= 15 is 0 Å². The molecule has 3 aromatic heterocycles. The third-order valence-electron chi connectivity index (χ3n) is 3.09. The van der Waals surface area contributed by atoms with Crippen molar-refractivity contribution in [1.82, 2.24) is 5.32 Å². The number of fused-ring (bicyclic) bond motifs is 1. The lowest BCUT2D eigenvalue weighted by molar-refractivity contribution is 0.639. The zero-order chi connectivity index (χ0) is 13.4. The second kappa shape index (κ2) is 5.66. The summed E-state index contributed by atoms with van der Waals surface area (Å²) in [7, 11) is 0. The predicted molar refractivity (Wildman–Crippen MR) is 92.0 cm³/mol. The average Bonchev–Trinajstić information content (AvgIpc) is 3.00. The molecular weight excluding hydrogens is 358 g/mol. The van der Waals surface area contributed by atoms with Gasteiger partial charge in [0, 0.05) is 19.2 Å². The van der Waals surface area contributed by atoms with Gasteiger partial charge in [-0.15, -0.1) is 34.0 Å². The lowest BCUT2D eigenvalue weighted by Gasteiger charge is -2.16. The van der Waals surface area contributed by atoms with Crippen LogP contribution >= 0.6 is 49.9 Å². The van der Waals surface area contributed by atoms with Crippen LogP contribution in [-0.4, -0.2) is 6.54 Å². The molecule has 5 heteroatoms. The van der Waals surface area contributed by atoms with Gasteiger partial charge in [-0.25, -0.2) is 0 Å². The molecule has 100 valence electrons. The van der Waals surface area contributed by atoms with Gasteiger partial charge in [0.25, 0.3) is 0 Å². The van der Waals surface area contributed by atoms with Crippen molar-refractivity contribution in [1.29, 1.82) is 0 Å². The SMILES string of the molecule is CCNC(c1cc2sccc2s1)c1cc(Br)sc1C. The molecular formula is C14H14BrNS3. The molecule has 19 heavy (non-hydrogen) atoms. The summed E-state index contributed by atoms with van der Waals surface area (Å²) < 4.78 is 4.01. The molecule has 3 rings (SSSR count). The van der Waals surface area contributed by atoms with Crippen LogP contribution in [0.15, 0.2) is 27.4 Å². The molecule has 0 aliphatic carbocycles. The number of aryl methyl sites for hydroxylation is 1. The fourth-order valence-corrected chi connectivity index (χ4v) is 6.20. The lowest BCUT2D eigenvalue weighted by Crippen LogP contribution is -2.21. The molecule has 3 aromatic rings. The summed E-state index contributed by atoms with van der Waals surface area (Å²) in [6.45, 7) is 5.34. The van der Waals surface area contributed by atoms with Crippen molar-refractivity contribution >= 4 is 59.3 Å². The molecule has 1 atom stereocenters. The summed E-state index contributed by atoms with van der Waals surface area (Å²) in [5.41, 5.74) is 1.40. The minimum atomic E-state index is 0.317. The first kappa shape index (κ1) is 13.8. The fraction of sp³-hybridized carbons (Fsp3) is 0.286. The highest BCUT2D eigenvalue weighted by Gasteiger charge is 2.20. The molecule has 0 radical (unpaired) electrons. The second-order valence-corrected chi connectivity index (χ2v) is 9.05. The topological polar surface area (TPSA) is 12.0 Å². The Bertz CT molecular complexity index is 666. The van der Waals surface area contributed by atoms with Crippen LogP contribution in [0.4, 0.5) is 0 Å². The summed E-state index contributed by atoms with van der Waals surface area (Å²) in [4.78, 5) is 2.80. The van der Waals surface area contributed by atoms with Crippen LogP contribution in [0.3, 0.4) is 0 Å². The van der Waals surface area contributed by atoms with Gasteiger partial charge in [-0.2, -0.15) is 0 Å². The van der Waals surface area contributed by atoms with Gasteiger partial charge in [0.15, 0.2) is 0 Å².